The zero-order chi connectivity index (χ0) is 12.6. The minimum Gasteiger partial charge on any atom is -0.479 e. The van der Waals surface area contributed by atoms with Crippen LogP contribution in [0.2, 0.25) is 0 Å². The third kappa shape index (κ3) is 7.36. The minimum absolute atomic E-state index is 0.294. The number of rotatable bonds is 7. The van der Waals surface area contributed by atoms with Crippen LogP contribution in [-0.4, -0.2) is 53.4 Å². The van der Waals surface area contributed by atoms with Crippen LogP contribution < -0.4 is 10.6 Å². The second-order valence-electron chi connectivity index (χ2n) is 3.51. The van der Waals surface area contributed by atoms with Gasteiger partial charge in [0.05, 0.1) is 6.54 Å². The number of carbonyl (C=O) groups is 2. The molecule has 7 heteroatoms. The highest BCUT2D eigenvalue weighted by Gasteiger charge is 2.13. The standard InChI is InChI=1S/C9H18N2O4S/c1-6(5-16-2)3-10-9(15)11-4-7(12)8(13)14/h6-7,12H,3-5H2,1-2H3,(H,13,14)(H2,10,11,15)/t6?,7-/m0/s1. The molecule has 0 aliphatic heterocycles. The Morgan fingerprint density at radius 2 is 1.88 bits per heavy atom. The highest BCUT2D eigenvalue weighted by atomic mass is 32.2. The van der Waals surface area contributed by atoms with Crippen LogP contribution in [0.3, 0.4) is 0 Å². The topological polar surface area (TPSA) is 98.7 Å². The van der Waals surface area contributed by atoms with Gasteiger partial charge in [0.25, 0.3) is 0 Å². The van der Waals surface area contributed by atoms with E-state index in [1.807, 2.05) is 13.2 Å². The van der Waals surface area contributed by atoms with E-state index in [2.05, 4.69) is 10.6 Å². The number of aliphatic hydroxyl groups excluding tert-OH is 1. The lowest BCUT2D eigenvalue weighted by molar-refractivity contribution is -0.146. The van der Waals surface area contributed by atoms with Gasteiger partial charge in [-0.15, -0.1) is 0 Å². The molecular weight excluding hydrogens is 232 g/mol. The molecule has 0 radical (unpaired) electrons. The van der Waals surface area contributed by atoms with Crippen LogP contribution in [0.15, 0.2) is 0 Å². The maximum absolute atomic E-state index is 11.1. The van der Waals surface area contributed by atoms with Gasteiger partial charge >= 0.3 is 12.0 Å². The number of aliphatic hydroxyl groups is 1. The number of hydrogen-bond donors (Lipinski definition) is 4. The van der Waals surface area contributed by atoms with E-state index in [9.17, 15) is 9.59 Å². The fourth-order valence-electron chi connectivity index (χ4n) is 0.950. The van der Waals surface area contributed by atoms with Crippen molar-refractivity contribution in [2.75, 3.05) is 25.1 Å². The zero-order valence-corrected chi connectivity index (χ0v) is 10.2. The van der Waals surface area contributed by atoms with Crippen molar-refractivity contribution >= 4 is 23.8 Å². The molecule has 0 bridgehead atoms. The van der Waals surface area contributed by atoms with Crippen LogP contribution in [0.4, 0.5) is 4.79 Å². The van der Waals surface area contributed by atoms with Gasteiger partial charge in [-0.05, 0) is 17.9 Å². The van der Waals surface area contributed by atoms with Crippen molar-refractivity contribution in [3.63, 3.8) is 0 Å². The van der Waals surface area contributed by atoms with Gasteiger partial charge in [0.1, 0.15) is 0 Å². The molecule has 2 amide bonds. The van der Waals surface area contributed by atoms with E-state index in [4.69, 9.17) is 10.2 Å². The first-order valence-electron chi connectivity index (χ1n) is 4.88. The number of urea groups is 1. The molecule has 0 saturated carbocycles. The van der Waals surface area contributed by atoms with E-state index in [1.165, 1.54) is 0 Å². The van der Waals surface area contributed by atoms with E-state index in [0.29, 0.717) is 12.5 Å². The lowest BCUT2D eigenvalue weighted by Gasteiger charge is -2.12. The van der Waals surface area contributed by atoms with Crippen LogP contribution in [0.25, 0.3) is 0 Å². The van der Waals surface area contributed by atoms with Gasteiger partial charge in [0.2, 0.25) is 0 Å². The number of hydrogen-bond acceptors (Lipinski definition) is 4. The predicted octanol–water partition coefficient (Wildman–Crippen LogP) is -0.270. The van der Waals surface area contributed by atoms with Crippen molar-refractivity contribution in [2.45, 2.75) is 13.0 Å². The van der Waals surface area contributed by atoms with E-state index < -0.39 is 18.1 Å². The summed E-state index contributed by atoms with van der Waals surface area (Å²) in [6.45, 7) is 2.23. The Labute approximate surface area is 98.8 Å². The first kappa shape index (κ1) is 15.0. The van der Waals surface area contributed by atoms with Gasteiger partial charge in [-0.25, -0.2) is 9.59 Å². The molecule has 0 spiro atoms. The van der Waals surface area contributed by atoms with Gasteiger partial charge in [-0.1, -0.05) is 6.92 Å². The second kappa shape index (κ2) is 8.23. The first-order valence-corrected chi connectivity index (χ1v) is 6.28. The van der Waals surface area contributed by atoms with E-state index in [0.717, 1.165) is 5.75 Å². The summed E-state index contributed by atoms with van der Waals surface area (Å²) in [5.41, 5.74) is 0. The highest BCUT2D eigenvalue weighted by molar-refractivity contribution is 7.98. The summed E-state index contributed by atoms with van der Waals surface area (Å²) in [6, 6.07) is -0.465. The van der Waals surface area contributed by atoms with Crippen LogP contribution in [0.5, 0.6) is 0 Å². The molecule has 0 aromatic heterocycles. The molecule has 0 fully saturated rings. The molecule has 4 N–H and O–H groups in total. The Kier molecular flexibility index (Phi) is 7.74. The highest BCUT2D eigenvalue weighted by Crippen LogP contribution is 2.02. The van der Waals surface area contributed by atoms with E-state index >= 15 is 0 Å². The third-order valence-electron chi connectivity index (χ3n) is 1.80. The van der Waals surface area contributed by atoms with Crippen molar-refractivity contribution < 1.29 is 19.8 Å². The Balaban J connectivity index is 3.63. The Morgan fingerprint density at radius 3 is 2.38 bits per heavy atom. The number of thioether (sulfide) groups is 1. The summed E-state index contributed by atoms with van der Waals surface area (Å²) in [6.07, 6.45) is 0.425. The first-order chi connectivity index (χ1) is 7.47. The molecular formula is C9H18N2O4S. The van der Waals surface area contributed by atoms with Gasteiger partial charge in [-0.2, -0.15) is 11.8 Å². The molecule has 16 heavy (non-hydrogen) atoms. The number of aliphatic carboxylic acids is 1. The molecule has 0 aromatic carbocycles. The average Bonchev–Trinajstić information content (AvgIpc) is 2.23. The smallest absolute Gasteiger partial charge is 0.334 e. The van der Waals surface area contributed by atoms with Crippen molar-refractivity contribution in [3.05, 3.63) is 0 Å². The summed E-state index contributed by atoms with van der Waals surface area (Å²) < 4.78 is 0. The van der Waals surface area contributed by atoms with E-state index in [1.54, 1.807) is 11.8 Å². The summed E-state index contributed by atoms with van der Waals surface area (Å²) in [4.78, 5) is 21.4. The van der Waals surface area contributed by atoms with Crippen molar-refractivity contribution in [3.8, 4) is 0 Å². The van der Waals surface area contributed by atoms with Gasteiger partial charge < -0.3 is 20.8 Å². The van der Waals surface area contributed by atoms with Gasteiger partial charge in [-0.3, -0.25) is 0 Å². The molecule has 0 aromatic rings. The van der Waals surface area contributed by atoms with Gasteiger partial charge in [0.15, 0.2) is 6.10 Å². The molecule has 0 aliphatic carbocycles. The number of amides is 2. The number of carbonyl (C=O) groups excluding carboxylic acids is 1. The fourth-order valence-corrected chi connectivity index (χ4v) is 1.64. The van der Waals surface area contributed by atoms with Gasteiger partial charge in [0, 0.05) is 6.54 Å². The predicted molar refractivity (Wildman–Crippen MR) is 62.6 cm³/mol. The Hall–Kier alpha value is -0.950. The third-order valence-corrected chi connectivity index (χ3v) is 2.71. The van der Waals surface area contributed by atoms with Crippen LogP contribution in [-0.2, 0) is 4.79 Å². The molecule has 0 rings (SSSR count). The number of carboxylic acids is 1. The summed E-state index contributed by atoms with van der Waals surface area (Å²) in [5.74, 6) is -0.0564. The lowest BCUT2D eigenvalue weighted by atomic mass is 10.2. The molecule has 6 nitrogen and oxygen atoms in total. The average molecular weight is 250 g/mol. The van der Waals surface area contributed by atoms with Crippen molar-refractivity contribution in [1.82, 2.24) is 10.6 Å². The molecule has 0 saturated heterocycles. The minimum atomic E-state index is -1.56. The molecule has 2 atom stereocenters. The Bertz CT molecular complexity index is 238. The van der Waals surface area contributed by atoms with Crippen LogP contribution in [0.1, 0.15) is 6.92 Å². The van der Waals surface area contributed by atoms with E-state index in [-0.39, 0.29) is 6.54 Å². The maximum atomic E-state index is 11.1. The normalized spacial score (nSPS) is 13.9. The van der Waals surface area contributed by atoms with Crippen LogP contribution in [0, 0.1) is 5.92 Å². The lowest BCUT2D eigenvalue weighted by Crippen LogP contribution is -2.43. The monoisotopic (exact) mass is 250 g/mol. The largest absolute Gasteiger partial charge is 0.479 e. The molecule has 0 heterocycles. The zero-order valence-electron chi connectivity index (χ0n) is 9.40. The van der Waals surface area contributed by atoms with Crippen LogP contribution >= 0.6 is 11.8 Å². The SMILES string of the molecule is CSCC(C)CNC(=O)NC[C@H](O)C(=O)O. The summed E-state index contributed by atoms with van der Waals surface area (Å²) >= 11 is 1.69. The second-order valence-corrected chi connectivity index (χ2v) is 4.42. The summed E-state index contributed by atoms with van der Waals surface area (Å²) in [5, 5.41) is 22.1. The fraction of sp³-hybridized carbons (Fsp3) is 0.778. The summed E-state index contributed by atoms with van der Waals surface area (Å²) in [7, 11) is 0. The number of carboxylic acid groups (broad SMARTS) is 1. The quantitative estimate of drug-likeness (QED) is 0.498. The molecule has 0 aliphatic rings. The van der Waals surface area contributed by atoms with Crippen molar-refractivity contribution in [1.29, 1.82) is 0 Å². The molecule has 1 unspecified atom stereocenters. The Morgan fingerprint density at radius 1 is 1.31 bits per heavy atom. The number of nitrogens with one attached hydrogen (secondary N) is 2. The maximum Gasteiger partial charge on any atom is 0.334 e. The van der Waals surface area contributed by atoms with Crippen molar-refractivity contribution in [2.24, 2.45) is 5.92 Å². The molecule has 94 valence electrons.